The first-order chi connectivity index (χ1) is 12.0. The maximum Gasteiger partial charge on any atom is 0.281 e. The van der Waals surface area contributed by atoms with E-state index in [1.807, 2.05) is 30.3 Å². The van der Waals surface area contributed by atoms with Crippen molar-refractivity contribution in [1.29, 1.82) is 0 Å². The Kier molecular flexibility index (Phi) is 4.76. The van der Waals surface area contributed by atoms with Gasteiger partial charge in [0.2, 0.25) is 0 Å². The predicted molar refractivity (Wildman–Crippen MR) is 90.5 cm³/mol. The van der Waals surface area contributed by atoms with Crippen LogP contribution in [-0.2, 0) is 0 Å². The molecule has 2 heterocycles. The summed E-state index contributed by atoms with van der Waals surface area (Å²) in [5, 5.41) is 6.72. The summed E-state index contributed by atoms with van der Waals surface area (Å²) in [7, 11) is 0. The molecule has 0 spiro atoms. The standard InChI is InChI=1S/C17H13ClF2N4O/c1-10-13(9-21-24(10)11-5-3-2-4-6-11)22-17(25)12-7-8-14(18)23-15(12)16(19)20/h2-9,16H,1H3,(H,22,25). The Morgan fingerprint density at radius 2 is 1.92 bits per heavy atom. The van der Waals surface area contributed by atoms with Crippen molar-refractivity contribution in [1.82, 2.24) is 14.8 Å². The van der Waals surface area contributed by atoms with E-state index in [0.29, 0.717) is 11.4 Å². The van der Waals surface area contributed by atoms with Gasteiger partial charge in [-0.3, -0.25) is 4.79 Å². The third-order valence-corrected chi connectivity index (χ3v) is 3.81. The fraction of sp³-hybridized carbons (Fsp3) is 0.118. The third kappa shape index (κ3) is 3.51. The van der Waals surface area contributed by atoms with Gasteiger partial charge in [0, 0.05) is 0 Å². The van der Waals surface area contributed by atoms with Crippen LogP contribution in [0.5, 0.6) is 0 Å². The van der Waals surface area contributed by atoms with E-state index in [-0.39, 0.29) is 10.7 Å². The number of nitrogens with zero attached hydrogens (tertiary/aromatic N) is 3. The molecule has 25 heavy (non-hydrogen) atoms. The number of alkyl halides is 2. The maximum absolute atomic E-state index is 13.1. The van der Waals surface area contributed by atoms with Crippen molar-refractivity contribution in [3.05, 3.63) is 70.8 Å². The lowest BCUT2D eigenvalue weighted by molar-refractivity contribution is 0.100. The Balaban J connectivity index is 1.89. The minimum Gasteiger partial charge on any atom is -0.319 e. The van der Waals surface area contributed by atoms with Crippen molar-refractivity contribution in [3.8, 4) is 5.69 Å². The lowest BCUT2D eigenvalue weighted by Crippen LogP contribution is -2.16. The molecule has 0 fully saturated rings. The number of pyridine rings is 1. The third-order valence-electron chi connectivity index (χ3n) is 3.60. The average Bonchev–Trinajstić information content (AvgIpc) is 2.96. The van der Waals surface area contributed by atoms with E-state index in [1.165, 1.54) is 18.3 Å². The van der Waals surface area contributed by atoms with E-state index in [0.717, 1.165) is 5.69 Å². The van der Waals surface area contributed by atoms with Crippen molar-refractivity contribution in [2.24, 2.45) is 0 Å². The molecule has 128 valence electrons. The zero-order valence-electron chi connectivity index (χ0n) is 13.1. The summed E-state index contributed by atoms with van der Waals surface area (Å²) in [4.78, 5) is 15.9. The van der Waals surface area contributed by atoms with Crippen LogP contribution >= 0.6 is 11.6 Å². The Bertz CT molecular complexity index is 912. The number of amides is 1. The van der Waals surface area contributed by atoms with E-state index in [4.69, 9.17) is 11.6 Å². The summed E-state index contributed by atoms with van der Waals surface area (Å²) in [6.45, 7) is 1.77. The van der Waals surface area contributed by atoms with Gasteiger partial charge in [0.15, 0.2) is 0 Å². The van der Waals surface area contributed by atoms with Gasteiger partial charge in [-0.25, -0.2) is 18.4 Å². The average molecular weight is 363 g/mol. The second-order valence-corrected chi connectivity index (χ2v) is 5.60. The van der Waals surface area contributed by atoms with Crippen LogP contribution in [0.2, 0.25) is 5.15 Å². The molecule has 2 aromatic heterocycles. The number of para-hydroxylation sites is 1. The van der Waals surface area contributed by atoms with Crippen LogP contribution in [0, 0.1) is 6.92 Å². The molecule has 1 amide bonds. The Hall–Kier alpha value is -2.80. The minimum absolute atomic E-state index is 0.0973. The molecule has 8 heteroatoms. The quantitative estimate of drug-likeness (QED) is 0.699. The molecule has 0 unspecified atom stereocenters. The van der Waals surface area contributed by atoms with E-state index >= 15 is 0 Å². The van der Waals surface area contributed by atoms with Crippen molar-refractivity contribution >= 4 is 23.2 Å². The first-order valence-corrected chi connectivity index (χ1v) is 7.71. The Morgan fingerprint density at radius 3 is 2.60 bits per heavy atom. The second-order valence-electron chi connectivity index (χ2n) is 5.21. The highest BCUT2D eigenvalue weighted by Crippen LogP contribution is 2.25. The Labute approximate surface area is 147 Å². The minimum atomic E-state index is -2.91. The van der Waals surface area contributed by atoms with Crippen molar-refractivity contribution in [2.75, 3.05) is 5.32 Å². The first-order valence-electron chi connectivity index (χ1n) is 7.33. The van der Waals surface area contributed by atoms with Crippen LogP contribution in [-0.4, -0.2) is 20.7 Å². The lowest BCUT2D eigenvalue weighted by atomic mass is 10.2. The number of rotatable bonds is 4. The van der Waals surface area contributed by atoms with Crippen molar-refractivity contribution in [2.45, 2.75) is 13.3 Å². The van der Waals surface area contributed by atoms with Gasteiger partial charge in [0.1, 0.15) is 10.8 Å². The van der Waals surface area contributed by atoms with E-state index in [1.54, 1.807) is 11.6 Å². The monoisotopic (exact) mass is 362 g/mol. The number of benzene rings is 1. The smallest absolute Gasteiger partial charge is 0.281 e. The van der Waals surface area contributed by atoms with Crippen LogP contribution < -0.4 is 5.32 Å². The van der Waals surface area contributed by atoms with Crippen LogP contribution in [0.4, 0.5) is 14.5 Å². The molecular weight excluding hydrogens is 350 g/mol. The zero-order chi connectivity index (χ0) is 18.0. The summed E-state index contributed by atoms with van der Waals surface area (Å²) in [6.07, 6.45) is -1.45. The van der Waals surface area contributed by atoms with Gasteiger partial charge < -0.3 is 5.32 Å². The molecule has 0 atom stereocenters. The van der Waals surface area contributed by atoms with E-state index in [2.05, 4.69) is 15.4 Å². The van der Waals surface area contributed by atoms with Gasteiger partial charge in [0.05, 0.1) is 28.8 Å². The molecule has 0 saturated carbocycles. The van der Waals surface area contributed by atoms with Gasteiger partial charge in [-0.15, -0.1) is 0 Å². The summed E-state index contributed by atoms with van der Waals surface area (Å²) in [5.41, 5.74) is 1.02. The number of anilines is 1. The van der Waals surface area contributed by atoms with Gasteiger partial charge in [-0.2, -0.15) is 5.10 Å². The van der Waals surface area contributed by atoms with Crippen LogP contribution in [0.15, 0.2) is 48.7 Å². The molecule has 0 aliphatic heterocycles. The van der Waals surface area contributed by atoms with E-state index in [9.17, 15) is 13.6 Å². The zero-order valence-corrected chi connectivity index (χ0v) is 13.8. The highest BCUT2D eigenvalue weighted by atomic mass is 35.5. The van der Waals surface area contributed by atoms with Gasteiger partial charge >= 0.3 is 0 Å². The molecule has 3 rings (SSSR count). The molecule has 5 nitrogen and oxygen atoms in total. The molecule has 1 aromatic carbocycles. The Morgan fingerprint density at radius 1 is 1.20 bits per heavy atom. The maximum atomic E-state index is 13.1. The number of hydrogen-bond acceptors (Lipinski definition) is 3. The highest BCUT2D eigenvalue weighted by Gasteiger charge is 2.21. The summed E-state index contributed by atoms with van der Waals surface area (Å²) >= 11 is 5.63. The van der Waals surface area contributed by atoms with Crippen molar-refractivity contribution in [3.63, 3.8) is 0 Å². The van der Waals surface area contributed by atoms with Crippen LogP contribution in [0.1, 0.15) is 28.2 Å². The van der Waals surface area contributed by atoms with E-state index < -0.39 is 18.0 Å². The van der Waals surface area contributed by atoms with Crippen LogP contribution in [0.25, 0.3) is 5.69 Å². The van der Waals surface area contributed by atoms with Gasteiger partial charge in [0.25, 0.3) is 12.3 Å². The number of carbonyl (C=O) groups excluding carboxylic acids is 1. The summed E-state index contributed by atoms with van der Waals surface area (Å²) in [6, 6.07) is 11.9. The van der Waals surface area contributed by atoms with Gasteiger partial charge in [-0.05, 0) is 31.2 Å². The second kappa shape index (κ2) is 6.98. The lowest BCUT2D eigenvalue weighted by Gasteiger charge is -2.09. The molecule has 0 bridgehead atoms. The summed E-state index contributed by atoms with van der Waals surface area (Å²) in [5.74, 6) is -0.699. The number of nitrogens with one attached hydrogen (secondary N) is 1. The van der Waals surface area contributed by atoms with Crippen LogP contribution in [0.3, 0.4) is 0 Å². The fourth-order valence-corrected chi connectivity index (χ4v) is 2.51. The number of halogens is 3. The molecule has 0 saturated heterocycles. The highest BCUT2D eigenvalue weighted by molar-refractivity contribution is 6.29. The number of aromatic nitrogens is 3. The molecule has 0 aliphatic carbocycles. The number of carbonyl (C=O) groups is 1. The molecule has 0 radical (unpaired) electrons. The summed E-state index contributed by atoms with van der Waals surface area (Å²) < 4.78 is 27.8. The normalized spacial score (nSPS) is 10.9. The SMILES string of the molecule is Cc1c(NC(=O)c2ccc(Cl)nc2C(F)F)cnn1-c1ccccc1. The first kappa shape index (κ1) is 17.0. The molecular formula is C17H13ClF2N4O. The largest absolute Gasteiger partial charge is 0.319 e. The fourth-order valence-electron chi connectivity index (χ4n) is 2.36. The predicted octanol–water partition coefficient (Wildman–Crippen LogP) is 4.42. The van der Waals surface area contributed by atoms with Crippen molar-refractivity contribution < 1.29 is 13.6 Å². The molecule has 1 N–H and O–H groups in total. The number of hydrogen-bond donors (Lipinski definition) is 1. The molecule has 0 aliphatic rings. The van der Waals surface area contributed by atoms with Gasteiger partial charge in [-0.1, -0.05) is 29.8 Å². The topological polar surface area (TPSA) is 59.8 Å². The molecule has 3 aromatic rings.